The van der Waals surface area contributed by atoms with Crippen LogP contribution in [0, 0.1) is 0 Å². The van der Waals surface area contributed by atoms with Crippen LogP contribution in [0.2, 0.25) is 0 Å². The van der Waals surface area contributed by atoms with E-state index in [2.05, 4.69) is 45.2 Å². The molecule has 6 heteroatoms. The van der Waals surface area contributed by atoms with Crippen LogP contribution in [0.25, 0.3) is 10.2 Å². The maximum atomic E-state index is 13.9. The number of carbonyl (C=O) groups excluding carboxylic acids is 1. The first kappa shape index (κ1) is 22.4. The van der Waals surface area contributed by atoms with E-state index in [0.29, 0.717) is 18.1 Å². The Hall–Kier alpha value is -3.35. The molecule has 3 aromatic carbocycles. The predicted molar refractivity (Wildman–Crippen MR) is 142 cm³/mol. The van der Waals surface area contributed by atoms with Gasteiger partial charge in [0.2, 0.25) is 5.91 Å². The number of hydrogen-bond donors (Lipinski definition) is 0. The minimum Gasteiger partial charge on any atom is -0.282 e. The molecule has 0 radical (unpaired) electrons. The van der Waals surface area contributed by atoms with E-state index in [1.54, 1.807) is 11.1 Å². The van der Waals surface area contributed by atoms with Crippen molar-refractivity contribution in [2.75, 3.05) is 4.90 Å². The number of benzene rings is 3. The summed E-state index contributed by atoms with van der Waals surface area (Å²) in [6.07, 6.45) is 2.09. The molecule has 0 fully saturated rings. The number of carbonyl (C=O) groups is 1. The fourth-order valence-electron chi connectivity index (χ4n) is 4.00. The molecule has 168 valence electrons. The van der Waals surface area contributed by atoms with Crippen LogP contribution in [0.3, 0.4) is 0 Å². The number of rotatable bonds is 7. The number of amides is 1. The van der Waals surface area contributed by atoms with Gasteiger partial charge in [-0.1, -0.05) is 94.0 Å². The van der Waals surface area contributed by atoms with Gasteiger partial charge in [-0.25, -0.2) is 4.98 Å². The Morgan fingerprint density at radius 2 is 1.56 bits per heavy atom. The number of aromatic nitrogens is 2. The number of thiazole rings is 1. The Morgan fingerprint density at radius 1 is 0.882 bits per heavy atom. The normalized spacial score (nSPS) is 11.1. The lowest BCUT2D eigenvalue weighted by molar-refractivity contribution is -0.119. The van der Waals surface area contributed by atoms with Crippen LogP contribution in [-0.2, 0) is 11.3 Å². The van der Waals surface area contributed by atoms with E-state index in [0.717, 1.165) is 31.5 Å². The van der Waals surface area contributed by atoms with E-state index < -0.39 is 0 Å². The Kier molecular flexibility index (Phi) is 6.79. The van der Waals surface area contributed by atoms with Gasteiger partial charge < -0.3 is 0 Å². The van der Waals surface area contributed by atoms with Crippen LogP contribution in [0.4, 0.5) is 5.13 Å². The molecule has 0 unspecified atom stereocenters. The summed E-state index contributed by atoms with van der Waals surface area (Å²) in [7, 11) is 0. The molecule has 0 bridgehead atoms. The quantitative estimate of drug-likeness (QED) is 0.224. The van der Waals surface area contributed by atoms with E-state index >= 15 is 0 Å². The summed E-state index contributed by atoms with van der Waals surface area (Å²) in [4.78, 5) is 24.9. The minimum atomic E-state index is -0.0512. The van der Waals surface area contributed by atoms with Crippen LogP contribution in [-0.4, -0.2) is 15.9 Å². The second-order valence-corrected chi connectivity index (χ2v) is 9.91. The second-order valence-electron chi connectivity index (χ2n) is 7.99. The highest BCUT2D eigenvalue weighted by atomic mass is 79.9. The Labute approximate surface area is 211 Å². The summed E-state index contributed by atoms with van der Waals surface area (Å²) in [5.41, 5.74) is 3.94. The van der Waals surface area contributed by atoms with Gasteiger partial charge >= 0.3 is 0 Å². The van der Waals surface area contributed by atoms with Crippen LogP contribution in [0.15, 0.2) is 108 Å². The highest BCUT2D eigenvalue weighted by Gasteiger charge is 2.25. The van der Waals surface area contributed by atoms with Crippen LogP contribution >= 0.6 is 27.3 Å². The first-order valence-electron chi connectivity index (χ1n) is 11.0. The smallest absolute Gasteiger partial charge is 0.230 e. The molecular formula is C28H22BrN3OS. The lowest BCUT2D eigenvalue weighted by atomic mass is 9.88. The number of nitrogens with zero attached hydrogens (tertiary/aromatic N) is 3. The minimum absolute atomic E-state index is 0.0153. The first-order valence-corrected chi connectivity index (χ1v) is 12.6. The maximum absolute atomic E-state index is 13.9. The summed E-state index contributed by atoms with van der Waals surface area (Å²) in [5.74, 6) is -0.0360. The Bertz CT molecular complexity index is 1350. The molecule has 0 atom stereocenters. The zero-order chi connectivity index (χ0) is 23.3. The van der Waals surface area contributed by atoms with Crippen molar-refractivity contribution in [2.45, 2.75) is 18.9 Å². The zero-order valence-electron chi connectivity index (χ0n) is 18.3. The average molecular weight is 528 g/mol. The number of pyridine rings is 1. The molecule has 0 saturated carbocycles. The van der Waals surface area contributed by atoms with Crippen molar-refractivity contribution in [3.8, 4) is 0 Å². The standard InChI is InChI=1S/C28H22BrN3OS/c29-22-14-15-25-26(17-22)34-28(31-25)32(19-23-13-7-8-16-30-23)27(33)18-24(20-9-3-1-4-10-20)21-11-5-2-6-12-21/h1-17,24H,18-19H2. The SMILES string of the molecule is O=C(CC(c1ccccc1)c1ccccc1)N(Cc1ccccn1)c1nc2ccc(Br)cc2s1. The van der Waals surface area contributed by atoms with Crippen molar-refractivity contribution in [3.63, 3.8) is 0 Å². The van der Waals surface area contributed by atoms with Crippen LogP contribution < -0.4 is 4.90 Å². The second kappa shape index (κ2) is 10.3. The summed E-state index contributed by atoms with van der Waals surface area (Å²) in [5, 5.41) is 0.684. The number of fused-ring (bicyclic) bond motifs is 1. The van der Waals surface area contributed by atoms with Gasteiger partial charge in [-0.2, -0.15) is 0 Å². The molecule has 34 heavy (non-hydrogen) atoms. The Balaban J connectivity index is 1.52. The summed E-state index contributed by atoms with van der Waals surface area (Å²) < 4.78 is 2.02. The largest absolute Gasteiger partial charge is 0.282 e. The van der Waals surface area contributed by atoms with Gasteiger partial charge in [-0.05, 0) is 41.5 Å². The fraction of sp³-hybridized carbons (Fsp3) is 0.107. The number of anilines is 1. The Morgan fingerprint density at radius 3 is 2.21 bits per heavy atom. The van der Waals surface area contributed by atoms with E-state index in [1.165, 1.54) is 11.3 Å². The van der Waals surface area contributed by atoms with Crippen molar-refractivity contribution in [1.82, 2.24) is 9.97 Å². The van der Waals surface area contributed by atoms with E-state index in [1.807, 2.05) is 72.8 Å². The van der Waals surface area contributed by atoms with Crippen LogP contribution in [0.1, 0.15) is 29.2 Å². The molecule has 5 rings (SSSR count). The highest BCUT2D eigenvalue weighted by Crippen LogP contribution is 2.34. The van der Waals surface area contributed by atoms with Crippen LogP contribution in [0.5, 0.6) is 0 Å². The lowest BCUT2D eigenvalue weighted by Gasteiger charge is -2.24. The van der Waals surface area contributed by atoms with Gasteiger partial charge in [0.25, 0.3) is 0 Å². The number of hydrogen-bond acceptors (Lipinski definition) is 4. The van der Waals surface area contributed by atoms with Crippen molar-refractivity contribution >= 4 is 48.5 Å². The first-order chi connectivity index (χ1) is 16.7. The van der Waals surface area contributed by atoms with Gasteiger partial charge in [-0.15, -0.1) is 0 Å². The van der Waals surface area contributed by atoms with Gasteiger partial charge in [0, 0.05) is 23.0 Å². The molecule has 2 heterocycles. The molecule has 0 aliphatic rings. The molecule has 1 amide bonds. The van der Waals surface area contributed by atoms with Gasteiger partial charge in [0.15, 0.2) is 5.13 Å². The average Bonchev–Trinajstić information content (AvgIpc) is 3.30. The predicted octanol–water partition coefficient (Wildman–Crippen LogP) is 7.21. The molecule has 0 saturated heterocycles. The molecule has 0 aliphatic heterocycles. The monoisotopic (exact) mass is 527 g/mol. The van der Waals surface area contributed by atoms with E-state index in [9.17, 15) is 4.79 Å². The van der Waals surface area contributed by atoms with E-state index in [-0.39, 0.29) is 11.8 Å². The summed E-state index contributed by atoms with van der Waals surface area (Å²) in [6, 6.07) is 32.2. The van der Waals surface area contributed by atoms with Gasteiger partial charge in [0.1, 0.15) is 0 Å². The molecule has 0 spiro atoms. The van der Waals surface area contributed by atoms with Gasteiger partial charge in [-0.3, -0.25) is 14.7 Å². The molecule has 4 nitrogen and oxygen atoms in total. The van der Waals surface area contributed by atoms with Gasteiger partial charge in [0.05, 0.1) is 22.5 Å². The fourth-order valence-corrected chi connectivity index (χ4v) is 5.54. The van der Waals surface area contributed by atoms with Crippen molar-refractivity contribution in [3.05, 3.63) is 125 Å². The zero-order valence-corrected chi connectivity index (χ0v) is 20.7. The lowest BCUT2D eigenvalue weighted by Crippen LogP contribution is -2.32. The summed E-state index contributed by atoms with van der Waals surface area (Å²) in [6.45, 7) is 0.372. The van der Waals surface area contributed by atoms with Crippen molar-refractivity contribution < 1.29 is 4.79 Å². The van der Waals surface area contributed by atoms with E-state index in [4.69, 9.17) is 4.98 Å². The van der Waals surface area contributed by atoms with Crippen molar-refractivity contribution in [2.24, 2.45) is 0 Å². The third-order valence-corrected chi connectivity index (χ3v) is 7.23. The highest BCUT2D eigenvalue weighted by molar-refractivity contribution is 9.10. The molecule has 0 N–H and O–H groups in total. The molecule has 5 aromatic rings. The molecular weight excluding hydrogens is 506 g/mol. The summed E-state index contributed by atoms with van der Waals surface area (Å²) >= 11 is 5.06. The maximum Gasteiger partial charge on any atom is 0.230 e. The molecule has 2 aromatic heterocycles. The third kappa shape index (κ3) is 5.08. The third-order valence-electron chi connectivity index (χ3n) is 5.70. The topological polar surface area (TPSA) is 46.1 Å². The number of halogens is 1. The van der Waals surface area contributed by atoms with Crippen molar-refractivity contribution in [1.29, 1.82) is 0 Å². The molecule has 0 aliphatic carbocycles.